The second-order valence-corrected chi connectivity index (χ2v) is 7.25. The third-order valence-corrected chi connectivity index (χ3v) is 5.12. The molecule has 0 atom stereocenters. The number of thiazole rings is 1. The van der Waals surface area contributed by atoms with Gasteiger partial charge in [-0.1, -0.05) is 30.3 Å². The van der Waals surface area contributed by atoms with Crippen molar-refractivity contribution in [3.8, 4) is 10.6 Å². The Morgan fingerprint density at radius 1 is 1.29 bits per heavy atom. The molecule has 1 N–H and O–H groups in total. The van der Waals surface area contributed by atoms with E-state index in [2.05, 4.69) is 9.71 Å². The van der Waals surface area contributed by atoms with Crippen LogP contribution in [0.1, 0.15) is 5.69 Å². The van der Waals surface area contributed by atoms with Gasteiger partial charge in [0.25, 0.3) is 0 Å². The quantitative estimate of drug-likeness (QED) is 0.805. The van der Waals surface area contributed by atoms with Crippen molar-refractivity contribution in [2.75, 3.05) is 26.0 Å². The highest BCUT2D eigenvalue weighted by molar-refractivity contribution is 7.89. The molecule has 114 valence electrons. The van der Waals surface area contributed by atoms with E-state index in [4.69, 9.17) is 4.74 Å². The SMILES string of the molecule is COCCS(=O)(=O)NCCc1csc(-c2ccccc2)n1. The third-order valence-electron chi connectivity index (χ3n) is 2.83. The van der Waals surface area contributed by atoms with E-state index < -0.39 is 10.0 Å². The molecule has 0 aliphatic heterocycles. The number of nitrogens with zero attached hydrogens (tertiary/aromatic N) is 1. The molecule has 0 amide bonds. The van der Waals surface area contributed by atoms with Gasteiger partial charge in [0.1, 0.15) is 5.01 Å². The van der Waals surface area contributed by atoms with E-state index in [0.717, 1.165) is 16.3 Å². The van der Waals surface area contributed by atoms with Crippen LogP contribution in [0.3, 0.4) is 0 Å². The Kier molecular flexibility index (Phi) is 5.86. The minimum absolute atomic E-state index is 0.0180. The normalized spacial score (nSPS) is 11.7. The number of nitrogens with one attached hydrogen (secondary N) is 1. The molecule has 1 aromatic carbocycles. The van der Waals surface area contributed by atoms with Gasteiger partial charge in [0, 0.05) is 31.0 Å². The molecule has 0 bridgehead atoms. The maximum Gasteiger partial charge on any atom is 0.213 e. The van der Waals surface area contributed by atoms with Crippen LogP contribution in [-0.2, 0) is 21.2 Å². The van der Waals surface area contributed by atoms with Crippen LogP contribution in [0.4, 0.5) is 0 Å². The predicted molar refractivity (Wildman–Crippen MR) is 84.9 cm³/mol. The lowest BCUT2D eigenvalue weighted by atomic mass is 10.2. The van der Waals surface area contributed by atoms with Gasteiger partial charge < -0.3 is 4.74 Å². The largest absolute Gasteiger partial charge is 0.384 e. The van der Waals surface area contributed by atoms with Gasteiger partial charge in [-0.25, -0.2) is 18.1 Å². The van der Waals surface area contributed by atoms with Crippen molar-refractivity contribution >= 4 is 21.4 Å². The lowest BCUT2D eigenvalue weighted by Gasteiger charge is -2.04. The summed E-state index contributed by atoms with van der Waals surface area (Å²) in [7, 11) is -1.78. The number of hydrogen-bond acceptors (Lipinski definition) is 5. The van der Waals surface area contributed by atoms with Crippen molar-refractivity contribution < 1.29 is 13.2 Å². The molecule has 0 saturated heterocycles. The fourth-order valence-corrected chi connectivity index (χ4v) is 3.54. The van der Waals surface area contributed by atoms with Crippen LogP contribution in [-0.4, -0.2) is 39.4 Å². The van der Waals surface area contributed by atoms with Crippen molar-refractivity contribution in [1.82, 2.24) is 9.71 Å². The van der Waals surface area contributed by atoms with Gasteiger partial charge in [0.05, 0.1) is 18.1 Å². The van der Waals surface area contributed by atoms with Crippen LogP contribution in [0.25, 0.3) is 10.6 Å². The van der Waals surface area contributed by atoms with E-state index in [9.17, 15) is 8.42 Å². The minimum Gasteiger partial charge on any atom is -0.384 e. The number of rotatable bonds is 8. The number of hydrogen-bond donors (Lipinski definition) is 1. The molecule has 0 aliphatic rings. The summed E-state index contributed by atoms with van der Waals surface area (Å²) >= 11 is 1.57. The predicted octanol–water partition coefficient (Wildman–Crippen LogP) is 1.92. The van der Waals surface area contributed by atoms with Gasteiger partial charge in [0.2, 0.25) is 10.0 Å². The summed E-state index contributed by atoms with van der Waals surface area (Å²) in [6.45, 7) is 0.550. The molecule has 0 radical (unpaired) electrons. The van der Waals surface area contributed by atoms with Crippen molar-refractivity contribution in [2.24, 2.45) is 0 Å². The lowest BCUT2D eigenvalue weighted by Crippen LogP contribution is -2.30. The molecule has 0 saturated carbocycles. The Morgan fingerprint density at radius 2 is 2.05 bits per heavy atom. The Hall–Kier alpha value is -1.28. The standard InChI is InChI=1S/C14H18N2O3S2/c1-19-9-10-21(17,18)15-8-7-13-11-20-14(16-13)12-5-3-2-4-6-12/h2-6,11,15H,7-10H2,1H3. The first kappa shape index (κ1) is 16.1. The van der Waals surface area contributed by atoms with Gasteiger partial charge in [-0.2, -0.15) is 0 Å². The minimum atomic E-state index is -3.26. The first-order chi connectivity index (χ1) is 10.1. The molecule has 21 heavy (non-hydrogen) atoms. The van der Waals surface area contributed by atoms with E-state index in [1.54, 1.807) is 11.3 Å². The summed E-state index contributed by atoms with van der Waals surface area (Å²) in [5, 5.41) is 2.92. The number of sulfonamides is 1. The van der Waals surface area contributed by atoms with Crippen molar-refractivity contribution in [3.05, 3.63) is 41.4 Å². The molecule has 7 heteroatoms. The maximum absolute atomic E-state index is 11.6. The Morgan fingerprint density at radius 3 is 2.76 bits per heavy atom. The molecule has 2 aromatic rings. The molecule has 0 spiro atoms. The van der Waals surface area contributed by atoms with Crippen LogP contribution in [0, 0.1) is 0 Å². The summed E-state index contributed by atoms with van der Waals surface area (Å²) in [5.74, 6) is -0.0180. The van der Waals surface area contributed by atoms with Gasteiger partial charge in [0.15, 0.2) is 0 Å². The van der Waals surface area contributed by atoms with Crippen molar-refractivity contribution in [1.29, 1.82) is 0 Å². The Balaban J connectivity index is 1.86. The molecule has 2 rings (SSSR count). The zero-order chi connectivity index (χ0) is 15.1. The molecule has 1 heterocycles. The molecule has 0 unspecified atom stereocenters. The van der Waals surface area contributed by atoms with E-state index >= 15 is 0 Å². The summed E-state index contributed by atoms with van der Waals surface area (Å²) in [6, 6.07) is 9.93. The molecular weight excluding hydrogens is 308 g/mol. The topological polar surface area (TPSA) is 68.3 Å². The number of aromatic nitrogens is 1. The first-order valence-electron chi connectivity index (χ1n) is 6.57. The molecule has 5 nitrogen and oxygen atoms in total. The lowest BCUT2D eigenvalue weighted by molar-refractivity contribution is 0.217. The average molecular weight is 326 g/mol. The maximum atomic E-state index is 11.6. The highest BCUT2D eigenvalue weighted by Gasteiger charge is 2.10. The highest BCUT2D eigenvalue weighted by Crippen LogP contribution is 2.23. The molecule has 0 aliphatic carbocycles. The monoisotopic (exact) mass is 326 g/mol. The van der Waals surface area contributed by atoms with Crippen LogP contribution in [0.15, 0.2) is 35.7 Å². The third kappa shape index (κ3) is 5.20. The Labute approximate surface area is 129 Å². The molecule has 1 aromatic heterocycles. The Bertz CT molecular complexity index is 654. The fourth-order valence-electron chi connectivity index (χ4n) is 1.73. The zero-order valence-electron chi connectivity index (χ0n) is 11.8. The summed E-state index contributed by atoms with van der Waals surface area (Å²) in [5.41, 5.74) is 1.97. The first-order valence-corrected chi connectivity index (χ1v) is 9.10. The molecular formula is C14H18N2O3S2. The van der Waals surface area contributed by atoms with Gasteiger partial charge in [-0.15, -0.1) is 11.3 Å². The second kappa shape index (κ2) is 7.65. The summed E-state index contributed by atoms with van der Waals surface area (Å²) in [6.07, 6.45) is 0.579. The average Bonchev–Trinajstić information content (AvgIpc) is 2.95. The fraction of sp³-hybridized carbons (Fsp3) is 0.357. The van der Waals surface area contributed by atoms with Crippen LogP contribution in [0.5, 0.6) is 0 Å². The van der Waals surface area contributed by atoms with Gasteiger partial charge in [-0.05, 0) is 0 Å². The second-order valence-electron chi connectivity index (χ2n) is 4.47. The highest BCUT2D eigenvalue weighted by atomic mass is 32.2. The van der Waals surface area contributed by atoms with E-state index in [0.29, 0.717) is 13.0 Å². The van der Waals surface area contributed by atoms with Gasteiger partial charge >= 0.3 is 0 Å². The van der Waals surface area contributed by atoms with E-state index in [1.165, 1.54) is 7.11 Å². The van der Waals surface area contributed by atoms with Crippen molar-refractivity contribution in [3.63, 3.8) is 0 Å². The summed E-state index contributed by atoms with van der Waals surface area (Å²) in [4.78, 5) is 4.52. The van der Waals surface area contributed by atoms with Gasteiger partial charge in [-0.3, -0.25) is 0 Å². The van der Waals surface area contributed by atoms with E-state index in [-0.39, 0.29) is 12.4 Å². The van der Waals surface area contributed by atoms with E-state index in [1.807, 2.05) is 35.7 Å². The number of benzene rings is 1. The smallest absolute Gasteiger partial charge is 0.213 e. The molecule has 0 fully saturated rings. The van der Waals surface area contributed by atoms with Crippen LogP contribution in [0.2, 0.25) is 0 Å². The van der Waals surface area contributed by atoms with Crippen molar-refractivity contribution in [2.45, 2.75) is 6.42 Å². The summed E-state index contributed by atoms with van der Waals surface area (Å²) < 4.78 is 30.5. The number of methoxy groups -OCH3 is 1. The zero-order valence-corrected chi connectivity index (χ0v) is 13.4. The number of ether oxygens (including phenoxy) is 1. The van der Waals surface area contributed by atoms with Crippen LogP contribution >= 0.6 is 11.3 Å². The van der Waals surface area contributed by atoms with Crippen LogP contribution < -0.4 is 4.72 Å².